The van der Waals surface area contributed by atoms with Gasteiger partial charge in [-0.3, -0.25) is 4.98 Å². The number of benzene rings is 6. The van der Waals surface area contributed by atoms with Crippen LogP contribution in [-0.2, 0) is 57.3 Å². The normalized spacial score (nSPS) is 11.6. The minimum atomic E-state index is 0.0798. The number of rotatable bonds is 20. The van der Waals surface area contributed by atoms with Crippen LogP contribution in [-0.4, -0.2) is 57.3 Å². The van der Waals surface area contributed by atoms with Gasteiger partial charge in [0.05, 0.1) is 28.5 Å². The standard InChI is InChI=1S/C29H29N5OS.C27H25N5O/c1-21(12-17-29-31-33-34-32-29)35-26-9-4-6-22(18-26)13-14-23-7-5-10-27(19-23)36-20-25-16-15-24-8-2-3-11-28(24)30-25;1-2-10-26-23(8-1)14-15-24(28-26)19-33-25-9-4-7-22(18-25)12-11-20-5-3-6-21(17-20)13-16-27-29-31-32-30-27/h2-11,15-16,18-19,21H,12-14,17,20H2,1H3,(H,31,32,33,34);1-10,14-15,17-18H,11-13,16,19H2,(H,29,30,31,32). The van der Waals surface area contributed by atoms with Crippen LogP contribution < -0.4 is 9.47 Å². The minimum absolute atomic E-state index is 0.0798. The second-order valence-electron chi connectivity index (χ2n) is 17.0. The van der Waals surface area contributed by atoms with Crippen LogP contribution in [0.5, 0.6) is 11.5 Å². The number of thioether (sulfide) groups is 1. The van der Waals surface area contributed by atoms with Gasteiger partial charge in [0, 0.05) is 34.3 Å². The Hall–Kier alpha value is -7.77. The zero-order valence-corrected chi connectivity index (χ0v) is 39.4. The monoisotopic (exact) mass is 930 g/mol. The van der Waals surface area contributed by atoms with E-state index in [4.69, 9.17) is 19.4 Å². The van der Waals surface area contributed by atoms with Gasteiger partial charge < -0.3 is 9.47 Å². The second-order valence-corrected chi connectivity index (χ2v) is 18.0. The number of hydrogen-bond donors (Lipinski definition) is 2. The molecule has 10 aromatic rings. The van der Waals surface area contributed by atoms with Gasteiger partial charge in [0.25, 0.3) is 0 Å². The molecule has 6 aromatic carbocycles. The minimum Gasteiger partial charge on any atom is -0.491 e. The molecule has 0 aliphatic heterocycles. The van der Waals surface area contributed by atoms with Crippen molar-refractivity contribution in [1.29, 1.82) is 0 Å². The van der Waals surface area contributed by atoms with E-state index in [1.807, 2.05) is 60.3 Å². The molecule has 1 unspecified atom stereocenters. The second kappa shape index (κ2) is 23.8. The number of para-hydroxylation sites is 2. The molecule has 0 saturated heterocycles. The zero-order valence-electron chi connectivity index (χ0n) is 38.6. The molecule has 1 atom stereocenters. The highest BCUT2D eigenvalue weighted by Crippen LogP contribution is 2.26. The summed E-state index contributed by atoms with van der Waals surface area (Å²) in [6.07, 6.45) is 7.30. The van der Waals surface area contributed by atoms with E-state index in [2.05, 4.69) is 169 Å². The summed E-state index contributed by atoms with van der Waals surface area (Å²) in [6, 6.07) is 59.1. The van der Waals surface area contributed by atoms with E-state index in [1.165, 1.54) is 38.1 Å². The molecular formula is C56H54N10O2S. The third-order valence-corrected chi connectivity index (χ3v) is 12.8. The van der Waals surface area contributed by atoms with E-state index in [1.54, 1.807) is 0 Å². The Kier molecular flexibility index (Phi) is 16.0. The first-order valence-corrected chi connectivity index (χ1v) is 24.4. The van der Waals surface area contributed by atoms with Crippen LogP contribution in [0.15, 0.2) is 175 Å². The molecule has 2 N–H and O–H groups in total. The predicted molar refractivity (Wildman–Crippen MR) is 272 cm³/mol. The molecule has 0 amide bonds. The largest absolute Gasteiger partial charge is 0.491 e. The molecule has 0 radical (unpaired) electrons. The van der Waals surface area contributed by atoms with Gasteiger partial charge in [-0.25, -0.2) is 15.2 Å². The highest BCUT2D eigenvalue weighted by atomic mass is 32.2. The van der Waals surface area contributed by atoms with Gasteiger partial charge in [-0.1, -0.05) is 109 Å². The lowest BCUT2D eigenvalue weighted by molar-refractivity contribution is 0.210. The quantitative estimate of drug-likeness (QED) is 0.0702. The summed E-state index contributed by atoms with van der Waals surface area (Å²) < 4.78 is 12.2. The Labute approximate surface area is 406 Å². The Morgan fingerprint density at radius 3 is 1.65 bits per heavy atom. The van der Waals surface area contributed by atoms with Crippen LogP contribution in [0.3, 0.4) is 0 Å². The van der Waals surface area contributed by atoms with Gasteiger partial charge in [-0.15, -0.1) is 22.0 Å². The summed E-state index contributed by atoms with van der Waals surface area (Å²) in [5, 5.41) is 30.3. The number of nitrogens with zero attached hydrogens (tertiary/aromatic N) is 8. The van der Waals surface area contributed by atoms with Crippen molar-refractivity contribution in [2.24, 2.45) is 0 Å². The number of fused-ring (bicyclic) bond motifs is 2. The average molecular weight is 931 g/mol. The molecule has 0 aliphatic carbocycles. The van der Waals surface area contributed by atoms with E-state index < -0.39 is 0 Å². The number of ether oxygens (including phenoxy) is 2. The maximum Gasteiger partial charge on any atom is 0.148 e. The summed E-state index contributed by atoms with van der Waals surface area (Å²) in [4.78, 5) is 10.8. The molecule has 0 fully saturated rings. The summed E-state index contributed by atoms with van der Waals surface area (Å²) in [5.74, 6) is 4.24. The zero-order chi connectivity index (χ0) is 46.9. The number of tetrazole rings is 2. The van der Waals surface area contributed by atoms with E-state index in [-0.39, 0.29) is 6.10 Å². The van der Waals surface area contributed by atoms with Gasteiger partial charge in [0.1, 0.15) is 29.8 Å². The number of H-pyrrole nitrogens is 2. The Bertz CT molecular complexity index is 3170. The molecule has 0 bridgehead atoms. The number of aromatic nitrogens is 10. The third-order valence-electron chi connectivity index (χ3n) is 11.7. The molecule has 4 aromatic heterocycles. The summed E-state index contributed by atoms with van der Waals surface area (Å²) >= 11 is 1.83. The molecule has 10 rings (SSSR count). The van der Waals surface area contributed by atoms with E-state index in [0.717, 1.165) is 108 Å². The summed E-state index contributed by atoms with van der Waals surface area (Å²) in [5.41, 5.74) is 10.6. The highest BCUT2D eigenvalue weighted by molar-refractivity contribution is 7.98. The van der Waals surface area contributed by atoms with Gasteiger partial charge in [-0.2, -0.15) is 0 Å². The van der Waals surface area contributed by atoms with Crippen LogP contribution in [0.1, 0.15) is 64.2 Å². The molecule has 13 heteroatoms. The smallest absolute Gasteiger partial charge is 0.148 e. The van der Waals surface area contributed by atoms with Crippen molar-refractivity contribution in [3.63, 3.8) is 0 Å². The molecule has 4 heterocycles. The summed E-state index contributed by atoms with van der Waals surface area (Å²) in [7, 11) is 0. The van der Waals surface area contributed by atoms with Gasteiger partial charge in [0.15, 0.2) is 0 Å². The Balaban J connectivity index is 0.000000172. The van der Waals surface area contributed by atoms with Crippen LogP contribution in [0.4, 0.5) is 0 Å². The van der Waals surface area contributed by atoms with Gasteiger partial charge in [0.2, 0.25) is 0 Å². The fourth-order valence-corrected chi connectivity index (χ4v) is 8.91. The highest BCUT2D eigenvalue weighted by Gasteiger charge is 2.09. The van der Waals surface area contributed by atoms with Crippen molar-refractivity contribution in [2.75, 3.05) is 0 Å². The van der Waals surface area contributed by atoms with Gasteiger partial charge in [-0.05, 0) is 155 Å². The van der Waals surface area contributed by atoms with Crippen LogP contribution >= 0.6 is 11.8 Å². The number of aromatic amines is 2. The third kappa shape index (κ3) is 14.1. The van der Waals surface area contributed by atoms with Crippen molar-refractivity contribution >= 4 is 33.6 Å². The fourth-order valence-electron chi connectivity index (χ4n) is 8.03. The Morgan fingerprint density at radius 2 is 1.00 bits per heavy atom. The number of pyridine rings is 2. The van der Waals surface area contributed by atoms with Crippen LogP contribution in [0.2, 0.25) is 0 Å². The molecule has 0 aliphatic rings. The number of hydrogen-bond acceptors (Lipinski definition) is 11. The molecule has 346 valence electrons. The molecule has 12 nitrogen and oxygen atoms in total. The SMILES string of the molecule is CC(CCc1nnn[nH]1)Oc1cccc(CCc2cccc(SCc3ccc4ccccc4n3)c2)c1.c1cc(CCc2cccc(OCc3ccc4ccccc4n3)c2)cc(CCc2nnn[nH]2)c1. The van der Waals surface area contributed by atoms with Crippen LogP contribution in [0, 0.1) is 0 Å². The first kappa shape index (κ1) is 46.3. The van der Waals surface area contributed by atoms with Crippen molar-refractivity contribution in [3.8, 4) is 11.5 Å². The lowest BCUT2D eigenvalue weighted by Gasteiger charge is -2.15. The average Bonchev–Trinajstić information content (AvgIpc) is 4.14. The Morgan fingerprint density at radius 1 is 0.478 bits per heavy atom. The molecule has 0 saturated carbocycles. The topological polar surface area (TPSA) is 153 Å². The van der Waals surface area contributed by atoms with Crippen molar-refractivity contribution in [2.45, 2.75) is 81.6 Å². The van der Waals surface area contributed by atoms with Crippen molar-refractivity contribution < 1.29 is 9.47 Å². The fraction of sp³-hybridized carbons (Fsp3) is 0.214. The van der Waals surface area contributed by atoms with Crippen molar-refractivity contribution in [1.82, 2.24) is 51.2 Å². The lowest BCUT2D eigenvalue weighted by atomic mass is 10.0. The van der Waals surface area contributed by atoms with Crippen molar-refractivity contribution in [3.05, 3.63) is 221 Å². The van der Waals surface area contributed by atoms with E-state index >= 15 is 0 Å². The van der Waals surface area contributed by atoms with E-state index in [0.29, 0.717) is 6.61 Å². The number of nitrogens with one attached hydrogen (secondary N) is 2. The maximum atomic E-state index is 6.13. The molecule has 69 heavy (non-hydrogen) atoms. The predicted octanol–water partition coefficient (Wildman–Crippen LogP) is 11.1. The molecule has 0 spiro atoms. The number of aryl methyl sites for hydroxylation is 7. The lowest BCUT2D eigenvalue weighted by Crippen LogP contribution is -2.13. The first-order valence-electron chi connectivity index (χ1n) is 23.4. The summed E-state index contributed by atoms with van der Waals surface area (Å²) in [6.45, 7) is 2.53. The van der Waals surface area contributed by atoms with E-state index in [9.17, 15) is 0 Å². The van der Waals surface area contributed by atoms with Gasteiger partial charge >= 0.3 is 0 Å². The van der Waals surface area contributed by atoms with Crippen LogP contribution in [0.25, 0.3) is 21.8 Å². The molecular weight excluding hydrogens is 877 g/mol. The first-order chi connectivity index (χ1) is 34.0. The maximum absolute atomic E-state index is 6.13.